The molecule has 0 aliphatic carbocycles. The molecule has 0 spiro atoms. The Bertz CT molecular complexity index is 671. The Morgan fingerprint density at radius 1 is 1.16 bits per heavy atom. The largest absolute Gasteiger partial charge is 0.288 e. The molecule has 19 heavy (non-hydrogen) atoms. The minimum atomic E-state index is -0.617. The number of hydrogen-bond acceptors (Lipinski definition) is 1. The molecular formula is C14H8BrCl2FO. The van der Waals surface area contributed by atoms with E-state index in [0.29, 0.717) is 15.1 Å². The van der Waals surface area contributed by atoms with Crippen LogP contribution in [0.15, 0.2) is 34.8 Å². The van der Waals surface area contributed by atoms with Gasteiger partial charge in [-0.05, 0) is 58.7 Å². The predicted octanol–water partition coefficient (Wildman–Crippen LogP) is 5.43. The summed E-state index contributed by atoms with van der Waals surface area (Å²) in [4.78, 5) is 12.2. The van der Waals surface area contributed by atoms with Crippen LogP contribution in [0.2, 0.25) is 10.0 Å². The van der Waals surface area contributed by atoms with Crippen LogP contribution in [0.1, 0.15) is 21.5 Å². The monoisotopic (exact) mass is 360 g/mol. The number of ketones is 1. The lowest BCUT2D eigenvalue weighted by Gasteiger charge is -2.06. The zero-order chi connectivity index (χ0) is 14.2. The number of carbonyl (C=O) groups is 1. The highest BCUT2D eigenvalue weighted by Crippen LogP contribution is 2.27. The normalized spacial score (nSPS) is 10.6. The molecule has 0 fully saturated rings. The third-order valence-electron chi connectivity index (χ3n) is 2.67. The fourth-order valence-electron chi connectivity index (χ4n) is 1.64. The molecular weight excluding hydrogens is 354 g/mol. The third-order valence-corrected chi connectivity index (χ3v) is 4.30. The minimum absolute atomic E-state index is 0.0603. The van der Waals surface area contributed by atoms with E-state index >= 15 is 0 Å². The molecule has 0 unspecified atom stereocenters. The van der Waals surface area contributed by atoms with E-state index in [1.165, 1.54) is 12.1 Å². The molecule has 0 radical (unpaired) electrons. The van der Waals surface area contributed by atoms with Gasteiger partial charge in [0.15, 0.2) is 5.78 Å². The Labute approximate surface area is 128 Å². The maximum Gasteiger partial charge on any atom is 0.196 e. The van der Waals surface area contributed by atoms with Crippen molar-refractivity contribution in [3.63, 3.8) is 0 Å². The summed E-state index contributed by atoms with van der Waals surface area (Å²) < 4.78 is 14.2. The van der Waals surface area contributed by atoms with E-state index in [9.17, 15) is 9.18 Å². The lowest BCUT2D eigenvalue weighted by Crippen LogP contribution is -2.05. The van der Waals surface area contributed by atoms with Gasteiger partial charge in [-0.15, -0.1) is 0 Å². The number of hydrogen-bond donors (Lipinski definition) is 0. The molecule has 2 rings (SSSR count). The van der Waals surface area contributed by atoms with Gasteiger partial charge in [0.05, 0.1) is 10.6 Å². The van der Waals surface area contributed by atoms with Crippen molar-refractivity contribution in [3.8, 4) is 0 Å². The van der Waals surface area contributed by atoms with Crippen molar-refractivity contribution < 1.29 is 9.18 Å². The lowest BCUT2D eigenvalue weighted by molar-refractivity contribution is 0.103. The zero-order valence-electron chi connectivity index (χ0n) is 9.81. The maximum absolute atomic E-state index is 13.8. The van der Waals surface area contributed by atoms with Gasteiger partial charge in [0.2, 0.25) is 0 Å². The fraction of sp³-hybridized carbons (Fsp3) is 0.0714. The van der Waals surface area contributed by atoms with Gasteiger partial charge in [0, 0.05) is 15.1 Å². The Hall–Kier alpha value is -0.900. The maximum atomic E-state index is 13.8. The topological polar surface area (TPSA) is 17.1 Å². The number of halogens is 4. The molecule has 0 amide bonds. The van der Waals surface area contributed by atoms with E-state index in [2.05, 4.69) is 15.9 Å². The van der Waals surface area contributed by atoms with Crippen LogP contribution >= 0.6 is 39.1 Å². The summed E-state index contributed by atoms with van der Waals surface area (Å²) in [5.74, 6) is -1.04. The third kappa shape index (κ3) is 2.99. The number of aryl methyl sites for hydroxylation is 1. The minimum Gasteiger partial charge on any atom is -0.288 e. The van der Waals surface area contributed by atoms with Crippen LogP contribution in [-0.4, -0.2) is 5.78 Å². The van der Waals surface area contributed by atoms with Crippen molar-refractivity contribution in [2.24, 2.45) is 0 Å². The summed E-state index contributed by atoms with van der Waals surface area (Å²) in [7, 11) is 0. The van der Waals surface area contributed by atoms with Crippen LogP contribution in [-0.2, 0) is 0 Å². The van der Waals surface area contributed by atoms with Crippen molar-refractivity contribution in [2.75, 3.05) is 0 Å². The van der Waals surface area contributed by atoms with E-state index in [4.69, 9.17) is 23.2 Å². The molecule has 0 saturated carbocycles. The van der Waals surface area contributed by atoms with Crippen LogP contribution < -0.4 is 0 Å². The zero-order valence-corrected chi connectivity index (χ0v) is 12.9. The molecule has 0 aromatic heterocycles. The van der Waals surface area contributed by atoms with Gasteiger partial charge < -0.3 is 0 Å². The summed E-state index contributed by atoms with van der Waals surface area (Å²) in [6, 6.07) is 7.29. The summed E-state index contributed by atoms with van der Waals surface area (Å²) in [5.41, 5.74) is 1.07. The molecule has 2 aromatic carbocycles. The van der Waals surface area contributed by atoms with Gasteiger partial charge >= 0.3 is 0 Å². The Morgan fingerprint density at radius 2 is 1.84 bits per heavy atom. The van der Waals surface area contributed by atoms with Crippen LogP contribution in [0.25, 0.3) is 0 Å². The highest BCUT2D eigenvalue weighted by Gasteiger charge is 2.16. The van der Waals surface area contributed by atoms with E-state index in [1.54, 1.807) is 25.1 Å². The Balaban J connectivity index is 2.49. The first-order chi connectivity index (χ1) is 8.90. The first-order valence-electron chi connectivity index (χ1n) is 5.35. The fourth-order valence-corrected chi connectivity index (χ4v) is 2.23. The van der Waals surface area contributed by atoms with Crippen molar-refractivity contribution in [1.82, 2.24) is 0 Å². The first-order valence-corrected chi connectivity index (χ1v) is 6.90. The first kappa shape index (κ1) is 14.5. The number of carbonyl (C=O) groups excluding carboxylic acids is 1. The Morgan fingerprint density at radius 3 is 2.47 bits per heavy atom. The van der Waals surface area contributed by atoms with Gasteiger partial charge in [-0.3, -0.25) is 4.79 Å². The molecule has 1 nitrogen and oxygen atoms in total. The van der Waals surface area contributed by atoms with Gasteiger partial charge in [0.1, 0.15) is 5.82 Å². The molecule has 0 saturated heterocycles. The SMILES string of the molecule is Cc1cc(C(=O)c2cc(Cl)c(Br)cc2F)ccc1Cl. The van der Waals surface area contributed by atoms with Gasteiger partial charge in [0.25, 0.3) is 0 Å². The Kier molecular flexibility index (Phi) is 4.29. The molecule has 0 aliphatic rings. The second kappa shape index (κ2) is 5.61. The quantitative estimate of drug-likeness (QED) is 0.514. The molecule has 0 atom stereocenters. The van der Waals surface area contributed by atoms with Crippen molar-refractivity contribution >= 4 is 44.9 Å². The number of benzene rings is 2. The predicted molar refractivity (Wildman–Crippen MR) is 78.7 cm³/mol. The smallest absolute Gasteiger partial charge is 0.196 e. The molecule has 98 valence electrons. The van der Waals surface area contributed by atoms with E-state index in [-0.39, 0.29) is 10.6 Å². The number of rotatable bonds is 2. The standard InChI is InChI=1S/C14H8BrCl2FO/c1-7-4-8(2-3-11(7)16)14(19)9-5-12(17)10(15)6-13(9)18/h2-6H,1H3. The van der Waals surface area contributed by atoms with E-state index < -0.39 is 11.6 Å². The van der Waals surface area contributed by atoms with Gasteiger partial charge in [-0.2, -0.15) is 0 Å². The second-order valence-corrected chi connectivity index (χ2v) is 5.71. The van der Waals surface area contributed by atoms with Gasteiger partial charge in [-0.25, -0.2) is 4.39 Å². The van der Waals surface area contributed by atoms with Crippen LogP contribution in [0.5, 0.6) is 0 Å². The molecule has 0 N–H and O–H groups in total. The summed E-state index contributed by atoms with van der Waals surface area (Å²) in [5, 5.41) is 0.848. The van der Waals surface area contributed by atoms with E-state index in [1.807, 2.05) is 0 Å². The molecule has 0 aliphatic heterocycles. The van der Waals surface area contributed by atoms with Crippen LogP contribution in [0.3, 0.4) is 0 Å². The summed E-state index contributed by atoms with van der Waals surface area (Å²) in [6.45, 7) is 1.78. The van der Waals surface area contributed by atoms with Crippen molar-refractivity contribution in [1.29, 1.82) is 0 Å². The van der Waals surface area contributed by atoms with Crippen LogP contribution in [0.4, 0.5) is 4.39 Å². The molecule has 0 bridgehead atoms. The van der Waals surface area contributed by atoms with Crippen LogP contribution in [0, 0.1) is 12.7 Å². The van der Waals surface area contributed by atoms with Crippen molar-refractivity contribution in [3.05, 3.63) is 67.4 Å². The average molecular weight is 362 g/mol. The van der Waals surface area contributed by atoms with Crippen molar-refractivity contribution in [2.45, 2.75) is 6.92 Å². The van der Waals surface area contributed by atoms with E-state index in [0.717, 1.165) is 5.56 Å². The second-order valence-electron chi connectivity index (χ2n) is 4.04. The highest BCUT2D eigenvalue weighted by molar-refractivity contribution is 9.10. The van der Waals surface area contributed by atoms with Gasteiger partial charge in [-0.1, -0.05) is 23.2 Å². The molecule has 5 heteroatoms. The average Bonchev–Trinajstić information content (AvgIpc) is 2.36. The lowest BCUT2D eigenvalue weighted by atomic mass is 10.0. The summed E-state index contributed by atoms with van der Waals surface area (Å²) >= 11 is 14.9. The molecule has 2 aromatic rings. The highest BCUT2D eigenvalue weighted by atomic mass is 79.9. The summed E-state index contributed by atoms with van der Waals surface area (Å²) in [6.07, 6.45) is 0. The molecule has 0 heterocycles.